The summed E-state index contributed by atoms with van der Waals surface area (Å²) >= 11 is 0. The Morgan fingerprint density at radius 1 is 0.0979 bits per heavy atom. The van der Waals surface area contributed by atoms with Crippen LogP contribution >= 0.6 is 0 Å². The predicted molar refractivity (Wildman–Crippen MR) is 616 cm³/mol. The van der Waals surface area contributed by atoms with Crippen molar-refractivity contribution in [3.8, 4) is 50.4 Å². The molecule has 0 unspecified atom stereocenters. The van der Waals surface area contributed by atoms with Crippen LogP contribution in [0.3, 0.4) is 0 Å². The van der Waals surface area contributed by atoms with Gasteiger partial charge in [-0.2, -0.15) is 0 Å². The van der Waals surface area contributed by atoms with E-state index in [1.54, 1.807) is 0 Å². The van der Waals surface area contributed by atoms with E-state index in [4.69, 9.17) is 0 Å². The second-order valence-electron chi connectivity index (χ2n) is 38.5. The Balaban J connectivity index is 0.000000100. The molecule has 660 valence electrons. The molecule has 0 aliphatic carbocycles. The molecule has 0 fully saturated rings. The number of nitrogens with zero attached hydrogens (tertiary/aromatic N) is 3. The van der Waals surface area contributed by atoms with Gasteiger partial charge < -0.3 is 13.7 Å². The van der Waals surface area contributed by atoms with Crippen LogP contribution in [0.15, 0.2) is 516 Å². The van der Waals surface area contributed by atoms with Crippen molar-refractivity contribution in [2.45, 2.75) is 0 Å². The lowest BCUT2D eigenvalue weighted by Gasteiger charge is -2.18. The second-order valence-corrected chi connectivity index (χ2v) is 38.5. The fourth-order valence-corrected chi connectivity index (χ4v) is 25.2. The summed E-state index contributed by atoms with van der Waals surface area (Å²) in [6.45, 7) is 0. The van der Waals surface area contributed by atoms with Gasteiger partial charge in [0, 0.05) is 48.8 Å². The van der Waals surface area contributed by atoms with Crippen LogP contribution in [0, 0.1) is 0 Å². The van der Waals surface area contributed by atoms with Crippen molar-refractivity contribution < 1.29 is 0 Å². The molecule has 29 aromatic carbocycles. The number of aromatic nitrogens is 3. The van der Waals surface area contributed by atoms with Crippen LogP contribution < -0.4 is 0 Å². The van der Waals surface area contributed by atoms with E-state index in [1.807, 2.05) is 0 Å². The number of fused-ring (bicyclic) bond motifs is 44. The van der Waals surface area contributed by atoms with E-state index in [9.17, 15) is 0 Å². The highest BCUT2D eigenvalue weighted by molar-refractivity contribution is 6.43. The highest BCUT2D eigenvalue weighted by atomic mass is 15.0. The Morgan fingerprint density at radius 3 is 0.601 bits per heavy atom. The molecule has 32 aromatic rings. The third-order valence-electron chi connectivity index (χ3n) is 31.2. The topological polar surface area (TPSA) is 14.8 Å². The summed E-state index contributed by atoms with van der Waals surface area (Å²) in [7, 11) is 0. The van der Waals surface area contributed by atoms with E-state index < -0.39 is 0 Å². The first-order valence-electron chi connectivity index (χ1n) is 49.7. The fraction of sp³-hybridized carbons (Fsp3) is 0. The maximum Gasteiger partial charge on any atom is 0.0541 e. The van der Waals surface area contributed by atoms with Gasteiger partial charge in [-0.3, -0.25) is 0 Å². The molecule has 0 atom stereocenters. The molecule has 0 spiro atoms. The van der Waals surface area contributed by atoms with Crippen LogP contribution in [0.5, 0.6) is 0 Å². The van der Waals surface area contributed by atoms with Crippen molar-refractivity contribution in [3.63, 3.8) is 0 Å². The van der Waals surface area contributed by atoms with E-state index in [0.717, 1.165) is 0 Å². The molecule has 0 saturated heterocycles. The van der Waals surface area contributed by atoms with Gasteiger partial charge in [0.15, 0.2) is 0 Å². The van der Waals surface area contributed by atoms with Gasteiger partial charge in [0.1, 0.15) is 0 Å². The van der Waals surface area contributed by atoms with Crippen molar-refractivity contribution in [3.05, 3.63) is 516 Å². The lowest BCUT2D eigenvalue weighted by atomic mass is 9.86. The number of hydrogen-bond donors (Lipinski definition) is 0. The fourth-order valence-electron chi connectivity index (χ4n) is 25.2. The van der Waals surface area contributed by atoms with Crippen LogP contribution in [-0.4, -0.2) is 13.7 Å². The minimum Gasteiger partial charge on any atom is -0.309 e. The summed E-state index contributed by atoms with van der Waals surface area (Å²) in [6, 6.07) is 190. The maximum absolute atomic E-state index is 2.44. The van der Waals surface area contributed by atoms with Crippen LogP contribution in [0.4, 0.5) is 0 Å². The molecule has 0 radical (unpaired) electrons. The lowest BCUT2D eigenvalue weighted by molar-refractivity contribution is 1.18. The third kappa shape index (κ3) is 12.1. The smallest absolute Gasteiger partial charge is 0.0541 e. The van der Waals surface area contributed by atoms with Gasteiger partial charge >= 0.3 is 0 Å². The Labute approximate surface area is 822 Å². The van der Waals surface area contributed by atoms with Gasteiger partial charge in [0.05, 0.1) is 44.5 Å². The van der Waals surface area contributed by atoms with Crippen molar-refractivity contribution in [1.82, 2.24) is 13.7 Å². The summed E-state index contributed by atoms with van der Waals surface area (Å²) in [5.41, 5.74) is 18.3. The average Bonchev–Trinajstić information content (AvgIpc) is 1.57. The number of para-hydroxylation sites is 6. The summed E-state index contributed by atoms with van der Waals surface area (Å²) in [5.74, 6) is 0. The van der Waals surface area contributed by atoms with Gasteiger partial charge in [0.25, 0.3) is 0 Å². The minimum absolute atomic E-state index is 1.17. The van der Waals surface area contributed by atoms with Gasteiger partial charge in [-0.05, 0) is 285 Å². The summed E-state index contributed by atoms with van der Waals surface area (Å²) in [6.07, 6.45) is 0. The molecule has 3 aromatic heterocycles. The molecule has 0 aliphatic heterocycles. The van der Waals surface area contributed by atoms with E-state index >= 15 is 0 Å². The standard InChI is InChI=1S/2C48H29N.C44H27N/c1-5-17-36-32(13-1)31(27-28-46(36)49-44-23-11-9-18-37(44)38-19-10-12-24-45(38)49)30-25-26-42-43(29-30)35-16-4-8-22-41(35)47-39-20-6-2-14-33(39)34-15-3-7-21-40(34)48(42)47;1-4-18-39-33(13-1)34-14-2-5-19-40(34)48-42-28-27-30(29-43(42)35-15-3-6-20-41(35)47(39)48)31-21-11-23-36-32(31)22-12-26-46(36)49-44-24-9-7-16-37(44)38-17-8-10-25-45(38)49;1-4-16-36-31(11-1)32-12-2-5-17-37(32)44-39-26-23-29(27-40(39)33-13-3-6-18-38(33)43(36)44)28-21-24-30(25-22-28)45-41-19-9-7-14-34(41)35-15-8-10-20-42(35)45/h2*1-29H;1-27H. The van der Waals surface area contributed by atoms with E-state index in [1.165, 1.54) is 299 Å². The summed E-state index contributed by atoms with van der Waals surface area (Å²) in [5, 5.41) is 51.9. The summed E-state index contributed by atoms with van der Waals surface area (Å²) in [4.78, 5) is 0. The molecule has 0 aliphatic rings. The van der Waals surface area contributed by atoms with Crippen molar-refractivity contribution in [1.29, 1.82) is 0 Å². The normalized spacial score (nSPS) is 12.1. The average molecular weight is 1810 g/mol. The zero-order chi connectivity index (χ0) is 93.6. The quantitative estimate of drug-likeness (QED) is 0.147. The molecule has 32 rings (SSSR count). The minimum atomic E-state index is 1.17. The molecule has 0 saturated carbocycles. The molecule has 0 N–H and O–H groups in total. The molecule has 3 nitrogen and oxygen atoms in total. The number of hydrogen-bond acceptors (Lipinski definition) is 0. The van der Waals surface area contributed by atoms with Crippen LogP contribution in [0.1, 0.15) is 0 Å². The summed E-state index contributed by atoms with van der Waals surface area (Å²) < 4.78 is 7.25. The second kappa shape index (κ2) is 31.9. The monoisotopic (exact) mass is 1810 g/mol. The molecule has 3 heteroatoms. The first kappa shape index (κ1) is 80.3. The SMILES string of the molecule is c1cc(-n2c3ccccc3c3ccccc32)c2cccc(-c3ccc4c(c3)c3ccccc3c3c5ccccc5c5ccccc5c43)c2c1.c1ccc2c(-n3c4ccccc4c4ccccc43)ccc(-c3ccc4c(c3)c3ccccc3c3c5ccccc5c5ccccc5c43)c2c1.c1ccc2c(c1)c1ccccc1c1c3ccc(-c4ccc(-n5c6ccccc6c6ccccc65)cc4)cc3c3ccccc3c21. The Bertz CT molecular complexity index is 10600. The van der Waals surface area contributed by atoms with E-state index in [0.29, 0.717) is 0 Å². The first-order valence-corrected chi connectivity index (χ1v) is 49.7. The molecule has 143 heavy (non-hydrogen) atoms. The molecule has 3 heterocycles. The largest absolute Gasteiger partial charge is 0.309 e. The highest BCUT2D eigenvalue weighted by Gasteiger charge is 2.25. The predicted octanol–water partition coefficient (Wildman–Crippen LogP) is 39.0. The zero-order valence-electron chi connectivity index (χ0n) is 77.9. The van der Waals surface area contributed by atoms with Gasteiger partial charge in [-0.1, -0.05) is 437 Å². The maximum atomic E-state index is 2.44. The highest BCUT2D eigenvalue weighted by Crippen LogP contribution is 2.52. The van der Waals surface area contributed by atoms with Crippen LogP contribution in [-0.2, 0) is 0 Å². The molecular weight excluding hydrogens is 1720 g/mol. The molecule has 0 amide bonds. The van der Waals surface area contributed by atoms with Crippen molar-refractivity contribution in [2.75, 3.05) is 0 Å². The third-order valence-corrected chi connectivity index (χ3v) is 31.2. The van der Waals surface area contributed by atoms with Crippen molar-refractivity contribution >= 4 is 249 Å². The Kier molecular flexibility index (Phi) is 17.9. The Hall–Kier alpha value is -18.8. The molecule has 0 bridgehead atoms. The molecular formula is C140H85N3. The van der Waals surface area contributed by atoms with Crippen molar-refractivity contribution in [2.24, 2.45) is 0 Å². The lowest BCUT2D eigenvalue weighted by Crippen LogP contribution is -1.96. The zero-order valence-corrected chi connectivity index (χ0v) is 77.9. The first-order chi connectivity index (χ1) is 71.0. The van der Waals surface area contributed by atoms with Gasteiger partial charge in [-0.15, -0.1) is 0 Å². The Morgan fingerprint density at radius 2 is 0.294 bits per heavy atom. The van der Waals surface area contributed by atoms with E-state index in [-0.39, 0.29) is 0 Å². The van der Waals surface area contributed by atoms with Crippen LogP contribution in [0.2, 0.25) is 0 Å². The van der Waals surface area contributed by atoms with Crippen LogP contribution in [0.25, 0.3) is 299 Å². The van der Waals surface area contributed by atoms with E-state index in [2.05, 4.69) is 529 Å². The van der Waals surface area contributed by atoms with Gasteiger partial charge in [0.2, 0.25) is 0 Å². The van der Waals surface area contributed by atoms with Gasteiger partial charge in [-0.25, -0.2) is 0 Å². The number of benzene rings is 29. The number of rotatable bonds is 6.